The second-order valence-electron chi connectivity index (χ2n) is 3.81. The van der Waals surface area contributed by atoms with Crippen LogP contribution < -0.4 is 5.73 Å². The third-order valence-electron chi connectivity index (χ3n) is 2.46. The van der Waals surface area contributed by atoms with E-state index in [0.29, 0.717) is 5.75 Å². The van der Waals surface area contributed by atoms with Gasteiger partial charge in [-0.15, -0.1) is 0 Å². The molecule has 0 spiro atoms. The maximum absolute atomic E-state index is 10.5. The second kappa shape index (κ2) is 6.30. The highest BCUT2D eigenvalue weighted by molar-refractivity contribution is 8.00. The molecule has 0 heterocycles. The van der Waals surface area contributed by atoms with Crippen LogP contribution in [0.1, 0.15) is 40.0 Å². The van der Waals surface area contributed by atoms with E-state index in [4.69, 9.17) is 10.8 Å². The number of carboxylic acid groups (broad SMARTS) is 1. The average molecular weight is 219 g/mol. The van der Waals surface area contributed by atoms with Crippen LogP contribution in [0.15, 0.2) is 0 Å². The fourth-order valence-electron chi connectivity index (χ4n) is 1.24. The van der Waals surface area contributed by atoms with Crippen molar-refractivity contribution in [3.05, 3.63) is 0 Å². The van der Waals surface area contributed by atoms with Crippen molar-refractivity contribution in [3.8, 4) is 0 Å². The predicted molar refractivity (Wildman–Crippen MR) is 61.7 cm³/mol. The van der Waals surface area contributed by atoms with Crippen LogP contribution >= 0.6 is 11.8 Å². The number of carboxylic acids is 1. The molecule has 0 aliphatic carbocycles. The summed E-state index contributed by atoms with van der Waals surface area (Å²) in [6, 6.07) is -0.734. The average Bonchev–Trinajstić information content (AvgIpc) is 2.14. The topological polar surface area (TPSA) is 63.3 Å². The van der Waals surface area contributed by atoms with E-state index in [1.54, 1.807) is 11.8 Å². The predicted octanol–water partition coefficient (Wildman–Crippen LogP) is 2.10. The summed E-state index contributed by atoms with van der Waals surface area (Å²) in [4.78, 5) is 10.5. The van der Waals surface area contributed by atoms with Crippen LogP contribution in [0.25, 0.3) is 0 Å². The third-order valence-corrected chi connectivity index (χ3v) is 4.17. The largest absolute Gasteiger partial charge is 0.480 e. The normalized spacial score (nSPS) is 17.4. The van der Waals surface area contributed by atoms with E-state index in [1.165, 1.54) is 0 Å². The summed E-state index contributed by atoms with van der Waals surface area (Å²) in [6.07, 6.45) is 3.29. The molecule has 0 aromatic carbocycles. The first-order chi connectivity index (χ1) is 6.45. The van der Waals surface area contributed by atoms with Crippen molar-refractivity contribution in [2.24, 2.45) is 5.73 Å². The van der Waals surface area contributed by atoms with Gasteiger partial charge in [0.05, 0.1) is 0 Å². The Morgan fingerprint density at radius 3 is 2.50 bits per heavy atom. The van der Waals surface area contributed by atoms with Gasteiger partial charge in [-0.3, -0.25) is 4.79 Å². The van der Waals surface area contributed by atoms with Crippen LogP contribution in [0.2, 0.25) is 0 Å². The molecular formula is C10H21NO2S. The number of hydrogen-bond acceptors (Lipinski definition) is 3. The number of thioether (sulfide) groups is 1. The summed E-state index contributed by atoms with van der Waals surface area (Å²) >= 11 is 1.68. The molecule has 0 radical (unpaired) electrons. The molecule has 0 bridgehead atoms. The maximum atomic E-state index is 10.5. The number of hydrogen-bond donors (Lipinski definition) is 2. The van der Waals surface area contributed by atoms with Gasteiger partial charge in [0.25, 0.3) is 0 Å². The van der Waals surface area contributed by atoms with Gasteiger partial charge in [-0.2, -0.15) is 11.8 Å². The molecule has 3 N–H and O–H groups in total. The number of carbonyl (C=O) groups is 1. The smallest absolute Gasteiger partial charge is 0.321 e. The first-order valence-corrected chi connectivity index (χ1v) is 6.06. The molecule has 0 aromatic rings. The number of aliphatic carboxylic acids is 1. The Hall–Kier alpha value is -0.220. The van der Waals surface area contributed by atoms with Crippen molar-refractivity contribution in [1.82, 2.24) is 0 Å². The van der Waals surface area contributed by atoms with Gasteiger partial charge in [-0.25, -0.2) is 0 Å². The quantitative estimate of drug-likeness (QED) is 0.688. The minimum absolute atomic E-state index is 0.182. The summed E-state index contributed by atoms with van der Waals surface area (Å²) in [6.45, 7) is 6.45. The molecule has 0 rings (SSSR count). The van der Waals surface area contributed by atoms with Crippen molar-refractivity contribution in [1.29, 1.82) is 0 Å². The van der Waals surface area contributed by atoms with Gasteiger partial charge in [0.15, 0.2) is 0 Å². The summed E-state index contributed by atoms with van der Waals surface area (Å²) in [7, 11) is 0. The van der Waals surface area contributed by atoms with Crippen molar-refractivity contribution >= 4 is 17.7 Å². The van der Waals surface area contributed by atoms with Crippen molar-refractivity contribution in [2.45, 2.75) is 50.8 Å². The van der Waals surface area contributed by atoms with E-state index in [1.807, 2.05) is 0 Å². The third kappa shape index (κ3) is 4.86. The molecule has 0 amide bonds. The zero-order valence-corrected chi connectivity index (χ0v) is 10.1. The Balaban J connectivity index is 4.00. The Bertz CT molecular complexity index is 187. The van der Waals surface area contributed by atoms with Gasteiger partial charge in [-0.05, 0) is 12.8 Å². The van der Waals surface area contributed by atoms with Crippen LogP contribution in [0, 0.1) is 0 Å². The van der Waals surface area contributed by atoms with Crippen LogP contribution in [-0.2, 0) is 4.79 Å². The van der Waals surface area contributed by atoms with E-state index in [0.717, 1.165) is 19.3 Å². The lowest BCUT2D eigenvalue weighted by Crippen LogP contribution is -2.34. The van der Waals surface area contributed by atoms with Gasteiger partial charge in [0.2, 0.25) is 0 Å². The highest BCUT2D eigenvalue weighted by Crippen LogP contribution is 2.33. The summed E-state index contributed by atoms with van der Waals surface area (Å²) in [5, 5.41) is 8.64. The Morgan fingerprint density at radius 2 is 2.14 bits per heavy atom. The highest BCUT2D eigenvalue weighted by Gasteiger charge is 2.24. The monoisotopic (exact) mass is 219 g/mol. The lowest BCUT2D eigenvalue weighted by molar-refractivity contribution is -0.137. The van der Waals surface area contributed by atoms with Crippen LogP contribution in [0.3, 0.4) is 0 Å². The molecule has 2 atom stereocenters. The van der Waals surface area contributed by atoms with Gasteiger partial charge in [0, 0.05) is 10.5 Å². The van der Waals surface area contributed by atoms with Crippen LogP contribution in [-0.4, -0.2) is 27.6 Å². The Morgan fingerprint density at radius 1 is 1.57 bits per heavy atom. The second-order valence-corrected chi connectivity index (χ2v) is 5.42. The van der Waals surface area contributed by atoms with Crippen molar-refractivity contribution in [3.63, 3.8) is 0 Å². The molecule has 0 saturated carbocycles. The minimum atomic E-state index is -0.910. The van der Waals surface area contributed by atoms with Gasteiger partial charge >= 0.3 is 5.97 Å². The number of rotatable bonds is 7. The number of nitrogens with two attached hydrogens (primary N) is 1. The van der Waals surface area contributed by atoms with E-state index < -0.39 is 12.0 Å². The van der Waals surface area contributed by atoms with E-state index in [2.05, 4.69) is 20.8 Å². The molecule has 0 aliphatic rings. The summed E-state index contributed by atoms with van der Waals surface area (Å²) in [5.74, 6) is -0.410. The highest BCUT2D eigenvalue weighted by atomic mass is 32.2. The zero-order chi connectivity index (χ0) is 11.2. The van der Waals surface area contributed by atoms with Gasteiger partial charge < -0.3 is 10.8 Å². The van der Waals surface area contributed by atoms with E-state index >= 15 is 0 Å². The molecule has 0 aliphatic heterocycles. The first kappa shape index (κ1) is 13.8. The maximum Gasteiger partial charge on any atom is 0.321 e. The SMILES string of the molecule is CCCC(C)(CC)SCC(N)C(=O)O. The Kier molecular flexibility index (Phi) is 6.20. The summed E-state index contributed by atoms with van der Waals surface area (Å²) < 4.78 is 0.182. The molecule has 0 saturated heterocycles. The fourth-order valence-corrected chi connectivity index (χ4v) is 2.52. The fraction of sp³-hybridized carbons (Fsp3) is 0.900. The molecule has 84 valence electrons. The van der Waals surface area contributed by atoms with Gasteiger partial charge in [0.1, 0.15) is 6.04 Å². The van der Waals surface area contributed by atoms with Crippen LogP contribution in [0.4, 0.5) is 0 Å². The van der Waals surface area contributed by atoms with E-state index in [9.17, 15) is 4.79 Å². The molecule has 0 fully saturated rings. The summed E-state index contributed by atoms with van der Waals surface area (Å²) in [5.41, 5.74) is 5.45. The lowest BCUT2D eigenvalue weighted by Gasteiger charge is -2.27. The molecule has 3 nitrogen and oxygen atoms in total. The zero-order valence-electron chi connectivity index (χ0n) is 9.25. The van der Waals surface area contributed by atoms with Crippen LogP contribution in [0.5, 0.6) is 0 Å². The van der Waals surface area contributed by atoms with Gasteiger partial charge in [-0.1, -0.05) is 27.2 Å². The minimum Gasteiger partial charge on any atom is -0.480 e. The first-order valence-electron chi connectivity index (χ1n) is 5.07. The standard InChI is InChI=1S/C10H21NO2S/c1-4-6-10(3,5-2)14-7-8(11)9(12)13/h8H,4-7,11H2,1-3H3,(H,12,13). The Labute approximate surface area is 90.4 Å². The van der Waals surface area contributed by atoms with Crippen molar-refractivity contribution < 1.29 is 9.90 Å². The van der Waals surface area contributed by atoms with Crippen molar-refractivity contribution in [2.75, 3.05) is 5.75 Å². The molecule has 14 heavy (non-hydrogen) atoms. The molecular weight excluding hydrogens is 198 g/mol. The lowest BCUT2D eigenvalue weighted by atomic mass is 10.0. The molecule has 0 aromatic heterocycles. The molecule has 4 heteroatoms. The molecule has 2 unspecified atom stereocenters. The van der Waals surface area contributed by atoms with E-state index in [-0.39, 0.29) is 4.75 Å².